The highest BCUT2D eigenvalue weighted by molar-refractivity contribution is 14.1. The van der Waals surface area contributed by atoms with Gasteiger partial charge in [-0.25, -0.2) is 0 Å². The van der Waals surface area contributed by atoms with Gasteiger partial charge >= 0.3 is 0 Å². The van der Waals surface area contributed by atoms with Crippen LogP contribution in [-0.4, -0.2) is 0 Å². The fraction of sp³-hybridized carbons (Fsp3) is 0.300. The van der Waals surface area contributed by atoms with Gasteiger partial charge in [0.2, 0.25) is 0 Å². The molecule has 0 aliphatic carbocycles. The Balaban J connectivity index is 3.02. The van der Waals surface area contributed by atoms with Gasteiger partial charge in [0.1, 0.15) is 0 Å². The first-order valence-corrected chi connectivity index (χ1v) is 4.81. The summed E-state index contributed by atoms with van der Waals surface area (Å²) < 4.78 is 0.145. The molecule has 2 heteroatoms. The van der Waals surface area contributed by atoms with Crippen LogP contribution in [0.2, 0.25) is 0 Å². The highest BCUT2D eigenvalue weighted by Crippen LogP contribution is 2.30. The highest BCUT2D eigenvalue weighted by Gasteiger charge is 2.14. The normalized spacial score (nSPS) is 10.8. The van der Waals surface area contributed by atoms with E-state index in [9.17, 15) is 0 Å². The van der Waals surface area contributed by atoms with Gasteiger partial charge in [-0.1, -0.05) is 34.7 Å². The molecule has 62 valence electrons. The van der Waals surface area contributed by atoms with E-state index in [1.54, 1.807) is 0 Å². The van der Waals surface area contributed by atoms with Crippen LogP contribution < -0.4 is 0 Å². The van der Waals surface area contributed by atoms with Crippen molar-refractivity contribution < 1.29 is 0 Å². The standard InChI is InChI=1S/C10H10IN/c1-10(2,11)9-5-3-8(7-12)4-6-9/h3-6H,1-2H3. The third-order valence-electron chi connectivity index (χ3n) is 1.70. The third kappa shape index (κ3) is 2.21. The smallest absolute Gasteiger partial charge is 0.0991 e. The Morgan fingerprint density at radius 2 is 1.75 bits per heavy atom. The average Bonchev–Trinajstić information content (AvgIpc) is 2.03. The van der Waals surface area contributed by atoms with Crippen LogP contribution in [0.1, 0.15) is 25.0 Å². The molecule has 0 aromatic heterocycles. The SMILES string of the molecule is CC(C)(I)c1ccc(C#N)cc1. The van der Waals surface area contributed by atoms with Crippen LogP contribution in [0.4, 0.5) is 0 Å². The summed E-state index contributed by atoms with van der Waals surface area (Å²) in [5.74, 6) is 0. The van der Waals surface area contributed by atoms with Crippen LogP contribution in [0.15, 0.2) is 24.3 Å². The molecule has 0 amide bonds. The zero-order chi connectivity index (χ0) is 9.19. The number of hydrogen-bond acceptors (Lipinski definition) is 1. The van der Waals surface area contributed by atoms with Crippen molar-refractivity contribution in [2.75, 3.05) is 0 Å². The lowest BCUT2D eigenvalue weighted by Crippen LogP contribution is -2.05. The second kappa shape index (κ2) is 3.44. The number of nitrogens with zero attached hydrogens (tertiary/aromatic N) is 1. The third-order valence-corrected chi connectivity index (χ3v) is 2.32. The molecule has 12 heavy (non-hydrogen) atoms. The molecule has 0 N–H and O–H groups in total. The van der Waals surface area contributed by atoms with E-state index < -0.39 is 0 Å². The number of nitriles is 1. The molecule has 0 atom stereocenters. The van der Waals surface area contributed by atoms with Crippen LogP contribution in [0.25, 0.3) is 0 Å². The molecule has 0 fully saturated rings. The molecule has 1 aromatic carbocycles. The van der Waals surface area contributed by atoms with Crippen molar-refractivity contribution in [1.29, 1.82) is 5.26 Å². The lowest BCUT2D eigenvalue weighted by atomic mass is 10.0. The minimum Gasteiger partial charge on any atom is -0.192 e. The predicted octanol–water partition coefficient (Wildman–Crippen LogP) is 3.23. The van der Waals surface area contributed by atoms with Gasteiger partial charge in [0.15, 0.2) is 0 Å². The molecular weight excluding hydrogens is 261 g/mol. The van der Waals surface area contributed by atoms with Crippen molar-refractivity contribution in [3.63, 3.8) is 0 Å². The Kier molecular flexibility index (Phi) is 2.73. The van der Waals surface area contributed by atoms with Gasteiger partial charge in [-0.3, -0.25) is 0 Å². The maximum absolute atomic E-state index is 8.58. The van der Waals surface area contributed by atoms with Gasteiger partial charge in [-0.05, 0) is 31.5 Å². The average molecular weight is 271 g/mol. The van der Waals surface area contributed by atoms with E-state index in [2.05, 4.69) is 42.5 Å². The summed E-state index contributed by atoms with van der Waals surface area (Å²) in [6, 6.07) is 9.83. The zero-order valence-corrected chi connectivity index (χ0v) is 9.29. The summed E-state index contributed by atoms with van der Waals surface area (Å²) in [4.78, 5) is 0. The largest absolute Gasteiger partial charge is 0.192 e. The lowest BCUT2D eigenvalue weighted by molar-refractivity contribution is 0.827. The number of hydrogen-bond donors (Lipinski definition) is 0. The molecule has 0 radical (unpaired) electrons. The Bertz CT molecular complexity index is 300. The quantitative estimate of drug-likeness (QED) is 0.568. The molecule has 1 rings (SSSR count). The fourth-order valence-electron chi connectivity index (χ4n) is 0.941. The molecule has 1 nitrogen and oxygen atoms in total. The van der Waals surface area contributed by atoms with E-state index >= 15 is 0 Å². The Morgan fingerprint density at radius 1 is 1.25 bits per heavy atom. The van der Waals surface area contributed by atoms with Gasteiger partial charge < -0.3 is 0 Å². The van der Waals surface area contributed by atoms with E-state index in [4.69, 9.17) is 5.26 Å². The zero-order valence-electron chi connectivity index (χ0n) is 7.13. The van der Waals surface area contributed by atoms with Gasteiger partial charge in [0.25, 0.3) is 0 Å². The summed E-state index contributed by atoms with van der Waals surface area (Å²) in [7, 11) is 0. The van der Waals surface area contributed by atoms with Gasteiger partial charge in [0, 0.05) is 3.42 Å². The number of alkyl halides is 1. The Labute approximate surface area is 86.5 Å². The molecule has 0 saturated carbocycles. The van der Waals surface area contributed by atoms with Gasteiger partial charge in [0.05, 0.1) is 11.6 Å². The van der Waals surface area contributed by atoms with Crippen LogP contribution in [0.3, 0.4) is 0 Å². The van der Waals surface area contributed by atoms with E-state index in [1.807, 2.05) is 24.3 Å². The van der Waals surface area contributed by atoms with E-state index in [0.29, 0.717) is 0 Å². The lowest BCUT2D eigenvalue weighted by Gasteiger charge is -2.16. The predicted molar refractivity (Wildman–Crippen MR) is 58.2 cm³/mol. The van der Waals surface area contributed by atoms with Crippen molar-refractivity contribution in [2.24, 2.45) is 0 Å². The maximum Gasteiger partial charge on any atom is 0.0991 e. The molecule has 1 aromatic rings. The number of rotatable bonds is 1. The van der Waals surface area contributed by atoms with Gasteiger partial charge in [-0.15, -0.1) is 0 Å². The molecule has 0 aliphatic rings. The minimum absolute atomic E-state index is 0.145. The molecule has 0 unspecified atom stereocenters. The minimum atomic E-state index is 0.145. The second-order valence-corrected chi connectivity index (χ2v) is 5.86. The van der Waals surface area contributed by atoms with Crippen molar-refractivity contribution in [3.05, 3.63) is 35.4 Å². The van der Waals surface area contributed by atoms with Crippen molar-refractivity contribution in [2.45, 2.75) is 17.3 Å². The topological polar surface area (TPSA) is 23.8 Å². The summed E-state index contributed by atoms with van der Waals surface area (Å²) in [5.41, 5.74) is 1.97. The molecule has 0 aliphatic heterocycles. The first-order valence-electron chi connectivity index (χ1n) is 3.73. The van der Waals surface area contributed by atoms with E-state index in [0.717, 1.165) is 5.56 Å². The number of halogens is 1. The first-order chi connectivity index (χ1) is 5.54. The first kappa shape index (κ1) is 9.53. The summed E-state index contributed by atoms with van der Waals surface area (Å²) >= 11 is 2.38. The summed E-state index contributed by atoms with van der Waals surface area (Å²) in [6.45, 7) is 4.30. The van der Waals surface area contributed by atoms with Gasteiger partial charge in [-0.2, -0.15) is 5.26 Å². The number of benzene rings is 1. The van der Waals surface area contributed by atoms with Crippen LogP contribution in [0.5, 0.6) is 0 Å². The maximum atomic E-state index is 8.58. The molecule has 0 heterocycles. The molecule has 0 saturated heterocycles. The monoisotopic (exact) mass is 271 g/mol. The Morgan fingerprint density at radius 3 is 2.08 bits per heavy atom. The second-order valence-electron chi connectivity index (χ2n) is 3.16. The van der Waals surface area contributed by atoms with E-state index in [1.165, 1.54) is 5.56 Å². The van der Waals surface area contributed by atoms with Crippen LogP contribution >= 0.6 is 22.6 Å². The van der Waals surface area contributed by atoms with Crippen LogP contribution in [-0.2, 0) is 3.42 Å². The highest BCUT2D eigenvalue weighted by atomic mass is 127. The fourth-order valence-corrected chi connectivity index (χ4v) is 1.30. The Hall–Kier alpha value is -0.560. The van der Waals surface area contributed by atoms with Crippen molar-refractivity contribution >= 4 is 22.6 Å². The summed E-state index contributed by atoms with van der Waals surface area (Å²) in [6.07, 6.45) is 0. The van der Waals surface area contributed by atoms with E-state index in [-0.39, 0.29) is 3.42 Å². The van der Waals surface area contributed by atoms with Crippen molar-refractivity contribution in [1.82, 2.24) is 0 Å². The molecule has 0 bridgehead atoms. The van der Waals surface area contributed by atoms with Crippen molar-refractivity contribution in [3.8, 4) is 6.07 Å². The molecule has 0 spiro atoms. The summed E-state index contributed by atoms with van der Waals surface area (Å²) in [5, 5.41) is 8.58. The molecular formula is C10H10IN. The van der Waals surface area contributed by atoms with Crippen LogP contribution in [0, 0.1) is 11.3 Å².